The molecule has 0 spiro atoms. The highest BCUT2D eigenvalue weighted by Gasteiger charge is 2.05. The van der Waals surface area contributed by atoms with Crippen molar-refractivity contribution >= 4 is 45.2 Å². The lowest BCUT2D eigenvalue weighted by Crippen LogP contribution is -2.07. The molecule has 1 heterocycles. The second kappa shape index (κ2) is 7.27. The Bertz CT molecular complexity index is 958. The molecule has 3 aromatic rings. The Morgan fingerprint density at radius 1 is 1.16 bits per heavy atom. The van der Waals surface area contributed by atoms with E-state index in [9.17, 15) is 9.59 Å². The topological polar surface area (TPSA) is 68.3 Å². The number of hydrogen-bond donors (Lipinski definition) is 1. The number of nitrogens with zero attached hydrogens (tertiary/aromatic N) is 1. The summed E-state index contributed by atoms with van der Waals surface area (Å²) < 4.78 is 5.69. The van der Waals surface area contributed by atoms with Gasteiger partial charge in [-0.1, -0.05) is 12.1 Å². The molecule has 0 fully saturated rings. The molecule has 0 aliphatic carbocycles. The first-order valence-corrected chi connectivity index (χ1v) is 8.41. The van der Waals surface area contributed by atoms with Crippen molar-refractivity contribution < 1.29 is 14.3 Å². The summed E-state index contributed by atoms with van der Waals surface area (Å²) in [4.78, 5) is 27.8. The Kier molecular flexibility index (Phi) is 4.90. The minimum Gasteiger partial charge on any atom is -0.465 e. The van der Waals surface area contributed by atoms with Crippen molar-refractivity contribution in [2.45, 2.75) is 6.92 Å². The molecule has 0 bridgehead atoms. The number of esters is 1. The second-order valence-corrected chi connectivity index (χ2v) is 6.59. The number of carbonyl (C=O) groups excluding carboxylic acids is 2. The number of aryl methyl sites for hydroxylation is 1. The van der Waals surface area contributed by atoms with Crippen molar-refractivity contribution in [1.29, 1.82) is 0 Å². The Hall–Kier alpha value is -2.99. The number of nitrogens with one attached hydrogen (secondary N) is 1. The van der Waals surface area contributed by atoms with E-state index in [1.165, 1.54) is 13.2 Å². The Labute approximate surface area is 149 Å². The van der Waals surface area contributed by atoms with E-state index in [4.69, 9.17) is 0 Å². The number of thiazole rings is 1. The fourth-order valence-corrected chi connectivity index (χ4v) is 3.19. The van der Waals surface area contributed by atoms with Crippen LogP contribution in [0.25, 0.3) is 16.3 Å². The third-order valence-corrected chi connectivity index (χ3v) is 4.46. The zero-order chi connectivity index (χ0) is 17.8. The largest absolute Gasteiger partial charge is 0.465 e. The third-order valence-electron chi connectivity index (χ3n) is 3.52. The predicted molar refractivity (Wildman–Crippen MR) is 99.8 cm³/mol. The number of aromatic nitrogens is 1. The molecule has 6 heteroatoms. The lowest BCUT2D eigenvalue weighted by atomic mass is 10.1. The minimum atomic E-state index is -0.387. The van der Waals surface area contributed by atoms with Gasteiger partial charge in [-0.3, -0.25) is 4.79 Å². The van der Waals surface area contributed by atoms with E-state index in [-0.39, 0.29) is 11.9 Å². The summed E-state index contributed by atoms with van der Waals surface area (Å²) in [6, 6.07) is 12.5. The van der Waals surface area contributed by atoms with Crippen LogP contribution < -0.4 is 5.32 Å². The van der Waals surface area contributed by atoms with Crippen molar-refractivity contribution in [2.24, 2.45) is 0 Å². The van der Waals surface area contributed by atoms with Gasteiger partial charge in [-0.15, -0.1) is 11.3 Å². The van der Waals surface area contributed by atoms with Gasteiger partial charge in [0.25, 0.3) is 0 Å². The number of carbonyl (C=O) groups is 2. The first kappa shape index (κ1) is 16.9. The molecule has 126 valence electrons. The van der Waals surface area contributed by atoms with Crippen LogP contribution in [-0.2, 0) is 9.53 Å². The molecule has 0 unspecified atom stereocenters. The SMILES string of the molecule is COC(=O)c1ccc(/C=C/C(=O)Nc2ccc3nc(C)sc3c2)cc1. The molecular weight excluding hydrogens is 336 g/mol. The maximum Gasteiger partial charge on any atom is 0.337 e. The molecule has 2 aromatic carbocycles. The van der Waals surface area contributed by atoms with Crippen LogP contribution in [0.1, 0.15) is 20.9 Å². The minimum absolute atomic E-state index is 0.224. The lowest BCUT2D eigenvalue weighted by Gasteiger charge is -2.02. The van der Waals surface area contributed by atoms with Gasteiger partial charge in [-0.2, -0.15) is 0 Å². The second-order valence-electron chi connectivity index (χ2n) is 5.35. The molecule has 1 aromatic heterocycles. The lowest BCUT2D eigenvalue weighted by molar-refractivity contribution is -0.111. The molecular formula is C19H16N2O3S. The van der Waals surface area contributed by atoms with Gasteiger partial charge < -0.3 is 10.1 Å². The van der Waals surface area contributed by atoms with Crippen molar-refractivity contribution in [3.63, 3.8) is 0 Å². The molecule has 3 rings (SSSR count). The number of fused-ring (bicyclic) bond motifs is 1. The summed E-state index contributed by atoms with van der Waals surface area (Å²) in [5.74, 6) is -0.611. The van der Waals surface area contributed by atoms with Gasteiger partial charge in [0.2, 0.25) is 5.91 Å². The van der Waals surface area contributed by atoms with Crippen LogP contribution in [0.2, 0.25) is 0 Å². The van der Waals surface area contributed by atoms with E-state index in [1.54, 1.807) is 41.7 Å². The van der Waals surface area contributed by atoms with Crippen LogP contribution in [0.5, 0.6) is 0 Å². The molecule has 5 nitrogen and oxygen atoms in total. The van der Waals surface area contributed by atoms with E-state index in [0.29, 0.717) is 5.56 Å². The van der Waals surface area contributed by atoms with Crippen LogP contribution in [-0.4, -0.2) is 24.0 Å². The van der Waals surface area contributed by atoms with Gasteiger partial charge in [-0.05, 0) is 48.9 Å². The zero-order valence-electron chi connectivity index (χ0n) is 13.8. The summed E-state index contributed by atoms with van der Waals surface area (Å²) in [6.07, 6.45) is 3.14. The van der Waals surface area contributed by atoms with Crippen molar-refractivity contribution in [3.05, 3.63) is 64.7 Å². The van der Waals surface area contributed by atoms with Gasteiger partial charge in [-0.25, -0.2) is 9.78 Å². The molecule has 0 aliphatic heterocycles. The van der Waals surface area contributed by atoms with Crippen LogP contribution >= 0.6 is 11.3 Å². The first-order valence-electron chi connectivity index (χ1n) is 7.60. The van der Waals surface area contributed by atoms with Crippen LogP contribution in [0.4, 0.5) is 5.69 Å². The summed E-state index contributed by atoms with van der Waals surface area (Å²) in [5, 5.41) is 3.83. The number of rotatable bonds is 4. The number of anilines is 1. The first-order chi connectivity index (χ1) is 12.0. The number of methoxy groups -OCH3 is 1. The zero-order valence-corrected chi connectivity index (χ0v) is 14.6. The number of amides is 1. The maximum atomic E-state index is 12.1. The fraction of sp³-hybridized carbons (Fsp3) is 0.105. The fourth-order valence-electron chi connectivity index (χ4n) is 2.32. The Balaban J connectivity index is 1.66. The molecule has 1 N–H and O–H groups in total. The molecule has 0 aliphatic rings. The summed E-state index contributed by atoms with van der Waals surface area (Å²) >= 11 is 1.59. The maximum absolute atomic E-state index is 12.1. The van der Waals surface area contributed by atoms with Gasteiger partial charge in [0.05, 0.1) is 27.9 Å². The van der Waals surface area contributed by atoms with Crippen LogP contribution in [0, 0.1) is 6.92 Å². The highest BCUT2D eigenvalue weighted by atomic mass is 32.1. The number of hydrogen-bond acceptors (Lipinski definition) is 5. The average Bonchev–Trinajstić information content (AvgIpc) is 2.99. The molecule has 25 heavy (non-hydrogen) atoms. The summed E-state index contributed by atoms with van der Waals surface area (Å²) in [5.41, 5.74) is 2.95. The Morgan fingerprint density at radius 3 is 2.64 bits per heavy atom. The van der Waals surface area contributed by atoms with Gasteiger partial charge in [0.15, 0.2) is 0 Å². The van der Waals surface area contributed by atoms with Crippen LogP contribution in [0.3, 0.4) is 0 Å². The average molecular weight is 352 g/mol. The third kappa shape index (κ3) is 4.10. The highest BCUT2D eigenvalue weighted by Crippen LogP contribution is 2.24. The summed E-state index contributed by atoms with van der Waals surface area (Å²) in [6.45, 7) is 1.96. The van der Waals surface area contributed by atoms with Crippen molar-refractivity contribution in [3.8, 4) is 0 Å². The highest BCUT2D eigenvalue weighted by molar-refractivity contribution is 7.18. The molecule has 1 amide bonds. The summed E-state index contributed by atoms with van der Waals surface area (Å²) in [7, 11) is 1.34. The predicted octanol–water partition coefficient (Wildman–Crippen LogP) is 4.04. The van der Waals surface area contributed by atoms with Crippen molar-refractivity contribution in [2.75, 3.05) is 12.4 Å². The monoisotopic (exact) mass is 352 g/mol. The quantitative estimate of drug-likeness (QED) is 0.568. The van der Waals surface area contributed by atoms with E-state index in [0.717, 1.165) is 26.5 Å². The van der Waals surface area contributed by atoms with Gasteiger partial charge >= 0.3 is 5.97 Å². The van der Waals surface area contributed by atoms with E-state index in [1.807, 2.05) is 25.1 Å². The molecule has 0 saturated carbocycles. The molecule has 0 saturated heterocycles. The number of ether oxygens (including phenoxy) is 1. The standard InChI is InChI=1S/C19H16N2O3S/c1-12-20-16-9-8-15(11-17(16)25-12)21-18(22)10-5-13-3-6-14(7-4-13)19(23)24-2/h3-11H,1-2H3,(H,21,22)/b10-5+. The Morgan fingerprint density at radius 2 is 1.92 bits per heavy atom. The number of benzene rings is 2. The van der Waals surface area contributed by atoms with Gasteiger partial charge in [0, 0.05) is 11.8 Å². The van der Waals surface area contributed by atoms with E-state index >= 15 is 0 Å². The van der Waals surface area contributed by atoms with Gasteiger partial charge in [0.1, 0.15) is 0 Å². The van der Waals surface area contributed by atoms with Crippen molar-refractivity contribution in [1.82, 2.24) is 4.98 Å². The van der Waals surface area contributed by atoms with E-state index in [2.05, 4.69) is 15.0 Å². The normalized spacial score (nSPS) is 11.0. The molecule has 0 radical (unpaired) electrons. The smallest absolute Gasteiger partial charge is 0.337 e. The van der Waals surface area contributed by atoms with E-state index < -0.39 is 0 Å². The molecule has 0 atom stereocenters. The van der Waals surface area contributed by atoms with Crippen LogP contribution in [0.15, 0.2) is 48.5 Å².